The average Bonchev–Trinajstić information content (AvgIpc) is 2.11. The van der Waals surface area contributed by atoms with E-state index in [1.807, 2.05) is 0 Å². The molecule has 2 rings (SSSR count). The highest BCUT2D eigenvalue weighted by Crippen LogP contribution is 2.28. The third-order valence-corrected chi connectivity index (χ3v) is 3.22. The van der Waals surface area contributed by atoms with E-state index < -0.39 is 0 Å². The molecule has 2 heteroatoms. The molecule has 0 radical (unpaired) electrons. The predicted molar refractivity (Wildman–Crippen MR) is 60.9 cm³/mol. The van der Waals surface area contributed by atoms with Crippen LogP contribution in [0.25, 0.3) is 0 Å². The smallest absolute Gasteiger partial charge is 0.0635 e. The van der Waals surface area contributed by atoms with Crippen LogP contribution in [0.4, 0.5) is 0 Å². The number of allylic oxidation sites excluding steroid dienone is 2. The maximum atomic E-state index is 4.23. The fourth-order valence-electron chi connectivity index (χ4n) is 2.34. The number of nitrogens with zero attached hydrogens (tertiary/aromatic N) is 2. The van der Waals surface area contributed by atoms with Gasteiger partial charge in [0, 0.05) is 11.6 Å². The van der Waals surface area contributed by atoms with Crippen LogP contribution in [0.3, 0.4) is 0 Å². The summed E-state index contributed by atoms with van der Waals surface area (Å²) >= 11 is 0. The lowest BCUT2D eigenvalue weighted by atomic mass is 9.83. The van der Waals surface area contributed by atoms with Crippen molar-refractivity contribution in [3.63, 3.8) is 0 Å². The lowest BCUT2D eigenvalue weighted by Gasteiger charge is -2.24. The maximum Gasteiger partial charge on any atom is 0.0635 e. The maximum absolute atomic E-state index is 4.23. The van der Waals surface area contributed by atoms with E-state index in [2.05, 4.69) is 30.1 Å². The van der Waals surface area contributed by atoms with E-state index in [-0.39, 0.29) is 0 Å². The van der Waals surface area contributed by atoms with Crippen molar-refractivity contribution in [3.05, 3.63) is 11.6 Å². The summed E-state index contributed by atoms with van der Waals surface area (Å²) in [4.78, 5) is 0. The molecule has 0 bridgehead atoms. The van der Waals surface area contributed by atoms with Crippen molar-refractivity contribution in [2.75, 3.05) is 0 Å². The first-order valence-electron chi connectivity index (χ1n) is 5.58. The molecule has 1 heterocycles. The Bertz CT molecular complexity index is 310. The molecule has 0 aromatic carbocycles. The lowest BCUT2D eigenvalue weighted by molar-refractivity contribution is 0.584. The number of hydrogen-bond donors (Lipinski definition) is 0. The van der Waals surface area contributed by atoms with Gasteiger partial charge in [-0.05, 0) is 38.7 Å². The Morgan fingerprint density at radius 1 is 1.14 bits per heavy atom. The molecule has 0 unspecified atom stereocenters. The van der Waals surface area contributed by atoms with Crippen LogP contribution in [-0.2, 0) is 0 Å². The molecular weight excluding hydrogens is 172 g/mol. The molecule has 0 aromatic rings. The van der Waals surface area contributed by atoms with Crippen LogP contribution in [0.5, 0.6) is 0 Å². The first kappa shape index (κ1) is 9.63. The van der Waals surface area contributed by atoms with E-state index in [1.165, 1.54) is 43.4 Å². The van der Waals surface area contributed by atoms with Crippen LogP contribution in [0, 0.1) is 5.92 Å². The summed E-state index contributed by atoms with van der Waals surface area (Å²) in [5.41, 5.74) is 3.77. The van der Waals surface area contributed by atoms with Gasteiger partial charge in [0.1, 0.15) is 0 Å². The Hall–Kier alpha value is -0.920. The van der Waals surface area contributed by atoms with E-state index in [1.54, 1.807) is 0 Å². The minimum atomic E-state index is 0.563. The molecule has 76 valence electrons. The molecule has 1 atom stereocenters. The minimum Gasteiger partial charge on any atom is -0.160 e. The highest BCUT2D eigenvalue weighted by atomic mass is 15.2. The van der Waals surface area contributed by atoms with E-state index in [9.17, 15) is 0 Å². The highest BCUT2D eigenvalue weighted by Gasteiger charge is 2.23. The summed E-state index contributed by atoms with van der Waals surface area (Å²) in [7, 11) is 0. The summed E-state index contributed by atoms with van der Waals surface area (Å²) in [6.07, 6.45) is 8.88. The van der Waals surface area contributed by atoms with Crippen LogP contribution in [0.1, 0.15) is 46.0 Å². The van der Waals surface area contributed by atoms with E-state index in [0.717, 1.165) is 5.71 Å². The van der Waals surface area contributed by atoms with Gasteiger partial charge in [0.15, 0.2) is 0 Å². The van der Waals surface area contributed by atoms with Crippen LogP contribution < -0.4 is 0 Å². The van der Waals surface area contributed by atoms with Crippen LogP contribution in [-0.4, -0.2) is 11.4 Å². The molecule has 2 nitrogen and oxygen atoms in total. The van der Waals surface area contributed by atoms with Gasteiger partial charge in [0.05, 0.1) is 5.71 Å². The van der Waals surface area contributed by atoms with Crippen LogP contribution in [0.15, 0.2) is 21.9 Å². The molecule has 0 aromatic heterocycles. The van der Waals surface area contributed by atoms with Gasteiger partial charge < -0.3 is 0 Å². The minimum absolute atomic E-state index is 0.563. The fourth-order valence-corrected chi connectivity index (χ4v) is 2.34. The fraction of sp³-hybridized carbons (Fsp3) is 0.667. The topological polar surface area (TPSA) is 24.7 Å². The van der Waals surface area contributed by atoms with Crippen molar-refractivity contribution in [3.8, 4) is 0 Å². The largest absolute Gasteiger partial charge is 0.160 e. The molecular formula is C12H18N2. The molecule has 1 aliphatic carbocycles. The Kier molecular flexibility index (Phi) is 2.80. The predicted octanol–water partition coefficient (Wildman–Crippen LogP) is 3.34. The third kappa shape index (κ3) is 1.79. The number of hydrogen-bond acceptors (Lipinski definition) is 2. The van der Waals surface area contributed by atoms with Crippen molar-refractivity contribution in [1.82, 2.24) is 0 Å². The Balaban J connectivity index is 2.30. The van der Waals surface area contributed by atoms with Crippen molar-refractivity contribution < 1.29 is 0 Å². The summed E-state index contributed by atoms with van der Waals surface area (Å²) in [6.45, 7) is 4.19. The highest BCUT2D eigenvalue weighted by molar-refractivity contribution is 6.07. The molecule has 0 amide bonds. The zero-order valence-corrected chi connectivity index (χ0v) is 9.08. The van der Waals surface area contributed by atoms with Crippen molar-refractivity contribution in [2.24, 2.45) is 16.1 Å². The van der Waals surface area contributed by atoms with Gasteiger partial charge in [0.25, 0.3) is 0 Å². The molecule has 14 heavy (non-hydrogen) atoms. The van der Waals surface area contributed by atoms with Crippen molar-refractivity contribution in [2.45, 2.75) is 46.0 Å². The molecule has 2 aliphatic rings. The lowest BCUT2D eigenvalue weighted by Crippen LogP contribution is -2.22. The van der Waals surface area contributed by atoms with Crippen molar-refractivity contribution in [1.29, 1.82) is 0 Å². The monoisotopic (exact) mass is 190 g/mol. The summed E-state index contributed by atoms with van der Waals surface area (Å²) in [5.74, 6) is 0.563. The van der Waals surface area contributed by atoms with E-state index >= 15 is 0 Å². The Morgan fingerprint density at radius 3 is 2.86 bits per heavy atom. The van der Waals surface area contributed by atoms with E-state index in [0.29, 0.717) is 5.92 Å². The Morgan fingerprint density at radius 2 is 2.00 bits per heavy atom. The van der Waals surface area contributed by atoms with Gasteiger partial charge in [-0.25, -0.2) is 0 Å². The van der Waals surface area contributed by atoms with Gasteiger partial charge in [-0.3, -0.25) is 0 Å². The Labute approximate surface area is 85.8 Å². The number of fused-ring (bicyclic) bond motifs is 1. The van der Waals surface area contributed by atoms with Crippen LogP contribution >= 0.6 is 0 Å². The van der Waals surface area contributed by atoms with E-state index in [4.69, 9.17) is 0 Å². The molecule has 1 aliphatic heterocycles. The second-order valence-electron chi connectivity index (χ2n) is 4.28. The van der Waals surface area contributed by atoms with Crippen LogP contribution in [0.2, 0.25) is 0 Å². The second kappa shape index (κ2) is 4.07. The van der Waals surface area contributed by atoms with Crippen molar-refractivity contribution >= 4 is 11.4 Å². The molecule has 0 spiro atoms. The third-order valence-electron chi connectivity index (χ3n) is 3.22. The zero-order chi connectivity index (χ0) is 9.97. The molecule has 0 saturated heterocycles. The van der Waals surface area contributed by atoms with Gasteiger partial charge in [-0.1, -0.05) is 18.9 Å². The van der Waals surface area contributed by atoms with Gasteiger partial charge >= 0.3 is 0 Å². The SMILES string of the molecule is CC1=NN=C(C)[C@@H]2CCCCCC=C12. The summed E-state index contributed by atoms with van der Waals surface area (Å²) in [6, 6.07) is 0. The van der Waals surface area contributed by atoms with Gasteiger partial charge in [-0.15, -0.1) is 0 Å². The molecule has 0 N–H and O–H groups in total. The van der Waals surface area contributed by atoms with Gasteiger partial charge in [0.2, 0.25) is 0 Å². The average molecular weight is 190 g/mol. The standard InChI is InChI=1S/C12H18N2/c1-9-11-7-5-3-4-6-8-12(11)10(2)14-13-9/h7,12H,3-6,8H2,1-2H3/t12-/m0/s1. The first-order chi connectivity index (χ1) is 6.79. The molecule has 0 saturated carbocycles. The second-order valence-corrected chi connectivity index (χ2v) is 4.28. The number of rotatable bonds is 0. The zero-order valence-electron chi connectivity index (χ0n) is 9.08. The molecule has 0 fully saturated rings. The summed E-state index contributed by atoms with van der Waals surface area (Å²) in [5, 5.41) is 8.44. The normalized spacial score (nSPS) is 27.9. The quantitative estimate of drug-likeness (QED) is 0.559. The summed E-state index contributed by atoms with van der Waals surface area (Å²) < 4.78 is 0. The van der Waals surface area contributed by atoms with Gasteiger partial charge in [-0.2, -0.15) is 10.2 Å². The first-order valence-corrected chi connectivity index (χ1v) is 5.58.